The van der Waals surface area contributed by atoms with Crippen LogP contribution in [-0.2, 0) is 17.1 Å². The smallest absolute Gasteiger partial charge is 0.289 e. The van der Waals surface area contributed by atoms with Crippen LogP contribution in [0.1, 0.15) is 16.1 Å². The van der Waals surface area contributed by atoms with Crippen LogP contribution in [0.5, 0.6) is 0 Å². The molecule has 4 rings (SSSR count). The van der Waals surface area contributed by atoms with Gasteiger partial charge in [0.2, 0.25) is 0 Å². The molecule has 10 radical (unpaired) electrons. The molecule has 0 aliphatic heterocycles. The Labute approximate surface area is 195 Å². The minimum absolute atomic E-state index is 0. The normalized spacial score (nSPS) is 16.8. The summed E-state index contributed by atoms with van der Waals surface area (Å²) < 4.78 is 1.86. The standard InChI is InChI=1S/C18H12Br2NO.C5H5.Fe/c1-11-15(17(22)7-6-12-4-2-3-5-12)9-13-8-14(19)10-16(20)18(13)21-11;1-2-4-5-3-1;/h2-10H,1H3;1-5H;/q;;+2/b7-6+;;. The van der Waals surface area contributed by atoms with Gasteiger partial charge in [-0.1, -0.05) is 22.0 Å². The number of nitrogens with zero attached hydrogens (tertiary/aromatic N) is 1. The van der Waals surface area contributed by atoms with Crippen molar-refractivity contribution in [1.82, 2.24) is 4.98 Å². The molecule has 2 saturated carbocycles. The van der Waals surface area contributed by atoms with E-state index in [0.29, 0.717) is 5.56 Å². The molecule has 5 heteroatoms. The van der Waals surface area contributed by atoms with Crippen molar-refractivity contribution >= 4 is 48.5 Å². The van der Waals surface area contributed by atoms with Crippen LogP contribution in [0.25, 0.3) is 10.9 Å². The zero-order valence-corrected chi connectivity index (χ0v) is 19.3. The second-order valence-electron chi connectivity index (χ2n) is 5.96. The van der Waals surface area contributed by atoms with Gasteiger partial charge in [0.1, 0.15) is 0 Å². The van der Waals surface area contributed by atoms with Crippen molar-refractivity contribution < 1.29 is 21.9 Å². The number of aryl methyl sites for hydroxylation is 1. The van der Waals surface area contributed by atoms with E-state index in [9.17, 15) is 4.79 Å². The third-order valence-electron chi connectivity index (χ3n) is 3.96. The quantitative estimate of drug-likeness (QED) is 0.263. The number of rotatable bonds is 3. The molecule has 2 aliphatic carbocycles. The maximum absolute atomic E-state index is 12.4. The molecule has 2 fully saturated rings. The number of carbonyl (C=O) groups excluding carboxylic acids is 1. The fraction of sp³-hybridized carbons (Fsp3) is 0.0435. The summed E-state index contributed by atoms with van der Waals surface area (Å²) in [6.45, 7) is 1.86. The van der Waals surface area contributed by atoms with Crippen LogP contribution in [0.3, 0.4) is 0 Å². The number of hydrogen-bond donors (Lipinski definition) is 0. The van der Waals surface area contributed by atoms with Crippen molar-refractivity contribution in [2.24, 2.45) is 0 Å². The van der Waals surface area contributed by atoms with Crippen molar-refractivity contribution in [2.75, 3.05) is 0 Å². The van der Waals surface area contributed by atoms with Crippen LogP contribution >= 0.6 is 31.9 Å². The van der Waals surface area contributed by atoms with Crippen LogP contribution in [-0.4, -0.2) is 10.8 Å². The first-order chi connectivity index (χ1) is 13.0. The number of allylic oxidation sites excluding steroid dienone is 2. The van der Waals surface area contributed by atoms with Gasteiger partial charge < -0.3 is 0 Å². The first-order valence-electron chi connectivity index (χ1n) is 8.42. The molecule has 0 amide bonds. The summed E-state index contributed by atoms with van der Waals surface area (Å²) in [7, 11) is 0. The van der Waals surface area contributed by atoms with E-state index in [2.05, 4.69) is 36.8 Å². The number of aromatic nitrogens is 1. The molecule has 0 bridgehead atoms. The largest absolute Gasteiger partial charge is 2.00 e. The van der Waals surface area contributed by atoms with E-state index in [0.717, 1.165) is 31.5 Å². The van der Waals surface area contributed by atoms with Gasteiger partial charge in [-0.2, -0.15) is 0 Å². The fourth-order valence-electron chi connectivity index (χ4n) is 2.63. The minimum atomic E-state index is -0.0378. The number of pyridine rings is 1. The number of benzene rings is 1. The van der Waals surface area contributed by atoms with Gasteiger partial charge in [0, 0.05) is 31.5 Å². The Balaban J connectivity index is 0.000000408. The molecule has 2 aromatic rings. The number of ketones is 1. The van der Waals surface area contributed by atoms with Crippen LogP contribution < -0.4 is 0 Å². The summed E-state index contributed by atoms with van der Waals surface area (Å²) in [4.78, 5) is 17.0. The molecule has 1 aromatic carbocycles. The van der Waals surface area contributed by atoms with E-state index in [1.165, 1.54) is 0 Å². The Morgan fingerprint density at radius 3 is 2.14 bits per heavy atom. The molecular weight excluding hydrogens is 522 g/mol. The van der Waals surface area contributed by atoms with E-state index in [1.807, 2.05) is 89.0 Å². The van der Waals surface area contributed by atoms with Gasteiger partial charge in [-0.05, 0) is 105 Å². The van der Waals surface area contributed by atoms with E-state index in [-0.39, 0.29) is 22.9 Å². The Morgan fingerprint density at radius 1 is 0.929 bits per heavy atom. The predicted octanol–water partition coefficient (Wildman–Crippen LogP) is 6.23. The average Bonchev–Trinajstić information content (AvgIpc) is 3.36. The average molecular weight is 539 g/mol. The molecular formula is C23H17Br2FeNO+2. The summed E-state index contributed by atoms with van der Waals surface area (Å²) >= 11 is 6.97. The molecule has 0 spiro atoms. The zero-order valence-electron chi connectivity index (χ0n) is 15.0. The molecule has 0 atom stereocenters. The molecule has 28 heavy (non-hydrogen) atoms. The molecule has 140 valence electrons. The molecule has 0 saturated heterocycles. The van der Waals surface area contributed by atoms with Crippen LogP contribution in [0, 0.1) is 70.6 Å². The fourth-order valence-corrected chi connectivity index (χ4v) is 3.98. The molecule has 0 unspecified atom stereocenters. The second-order valence-corrected chi connectivity index (χ2v) is 7.73. The van der Waals surface area contributed by atoms with E-state index in [1.54, 1.807) is 6.08 Å². The van der Waals surface area contributed by atoms with Crippen molar-refractivity contribution in [3.05, 3.63) is 114 Å². The van der Waals surface area contributed by atoms with Crippen LogP contribution in [0.15, 0.2) is 39.3 Å². The summed E-state index contributed by atoms with van der Waals surface area (Å²) in [5.74, 6) is 0.981. The van der Waals surface area contributed by atoms with Gasteiger partial charge in [-0.15, -0.1) is 0 Å². The molecule has 2 nitrogen and oxygen atoms in total. The third kappa shape index (κ3) is 6.52. The summed E-state index contributed by atoms with van der Waals surface area (Å²) in [6, 6.07) is 5.81. The first-order valence-corrected chi connectivity index (χ1v) is 10.0. The number of hydrogen-bond acceptors (Lipinski definition) is 2. The minimum Gasteiger partial charge on any atom is -0.289 e. The molecule has 1 aromatic heterocycles. The summed E-state index contributed by atoms with van der Waals surface area (Å²) in [5.41, 5.74) is 2.21. The van der Waals surface area contributed by atoms with E-state index in [4.69, 9.17) is 0 Å². The Morgan fingerprint density at radius 2 is 1.54 bits per heavy atom. The summed E-state index contributed by atoms with van der Waals surface area (Å²) in [6.07, 6.45) is 21.2. The van der Waals surface area contributed by atoms with Gasteiger partial charge >= 0.3 is 17.1 Å². The first kappa shape index (κ1) is 23.8. The van der Waals surface area contributed by atoms with Crippen molar-refractivity contribution in [2.45, 2.75) is 6.92 Å². The number of fused-ring (bicyclic) bond motifs is 1. The SMILES string of the molecule is Cc1nc2c(Br)cc(Br)cc2cc1C(=O)/C=C/[C]1[CH][CH][CH][CH]1.[CH]1[CH][CH][CH][CH]1.[Fe+2]. The monoisotopic (exact) mass is 537 g/mol. The number of halogens is 2. The van der Waals surface area contributed by atoms with Crippen LogP contribution in [0.2, 0.25) is 0 Å². The third-order valence-corrected chi connectivity index (χ3v) is 5.03. The van der Waals surface area contributed by atoms with Gasteiger partial charge in [0.25, 0.3) is 0 Å². The van der Waals surface area contributed by atoms with E-state index >= 15 is 0 Å². The second kappa shape index (κ2) is 11.6. The topological polar surface area (TPSA) is 30.0 Å². The van der Waals surface area contributed by atoms with E-state index < -0.39 is 0 Å². The maximum Gasteiger partial charge on any atom is 2.00 e. The predicted molar refractivity (Wildman–Crippen MR) is 117 cm³/mol. The van der Waals surface area contributed by atoms with Gasteiger partial charge in [-0.3, -0.25) is 9.78 Å². The van der Waals surface area contributed by atoms with Gasteiger partial charge in [0.15, 0.2) is 5.78 Å². The van der Waals surface area contributed by atoms with Crippen molar-refractivity contribution in [1.29, 1.82) is 0 Å². The van der Waals surface area contributed by atoms with Crippen molar-refractivity contribution in [3.63, 3.8) is 0 Å². The molecule has 1 heterocycles. The zero-order chi connectivity index (χ0) is 19.2. The Bertz CT molecular complexity index is 832. The van der Waals surface area contributed by atoms with Crippen molar-refractivity contribution in [3.8, 4) is 0 Å². The number of carbonyl (C=O) groups is 1. The Hall–Kier alpha value is -0.481. The summed E-state index contributed by atoms with van der Waals surface area (Å²) in [5, 5.41) is 0.928. The van der Waals surface area contributed by atoms with Crippen LogP contribution in [0.4, 0.5) is 0 Å². The van der Waals surface area contributed by atoms with Gasteiger partial charge in [-0.25, -0.2) is 0 Å². The Kier molecular flexibility index (Phi) is 9.89. The maximum atomic E-state index is 12.4. The van der Waals surface area contributed by atoms with Gasteiger partial charge in [0.05, 0.1) is 5.52 Å². The molecule has 2 aliphatic rings. The molecule has 0 N–H and O–H groups in total.